The summed E-state index contributed by atoms with van der Waals surface area (Å²) in [5.41, 5.74) is 3.86. The molecule has 110 valence electrons. The molecule has 0 bridgehead atoms. The number of halogens is 1. The molecule has 0 fully saturated rings. The monoisotopic (exact) mass is 306 g/mol. The Labute approximate surface area is 113 Å². The number of nitrogens with zero attached hydrogens (tertiary/aromatic N) is 1. The van der Waals surface area contributed by atoms with Gasteiger partial charge in [0, 0.05) is 13.1 Å². The van der Waals surface area contributed by atoms with Gasteiger partial charge >= 0.3 is 0 Å². The van der Waals surface area contributed by atoms with Gasteiger partial charge in [-0.2, -0.15) is 0 Å². The van der Waals surface area contributed by atoms with Crippen molar-refractivity contribution >= 4 is 27.3 Å². The molecule has 0 atom stereocenters. The number of nitrogens with two attached hydrogens (primary N) is 1. The fourth-order valence-electron chi connectivity index (χ4n) is 1.38. The van der Waals surface area contributed by atoms with Crippen LogP contribution in [0.4, 0.5) is 15.8 Å². The molecule has 0 saturated carbocycles. The van der Waals surface area contributed by atoms with Crippen molar-refractivity contribution in [3.8, 4) is 0 Å². The minimum atomic E-state index is -4.38. The van der Waals surface area contributed by atoms with Gasteiger partial charge in [0.15, 0.2) is 5.82 Å². The standard InChI is InChI=1S/C9H11FN4O5S/c1-12-7-3-5(14(16)17)2-6(10)9(7)20(18,19)13-4-8(11)15/h2-3,12-13H,4H2,1H3,(H2,11,15). The Morgan fingerprint density at radius 1 is 1.50 bits per heavy atom. The van der Waals surface area contributed by atoms with E-state index in [-0.39, 0.29) is 5.69 Å². The van der Waals surface area contributed by atoms with E-state index < -0.39 is 43.8 Å². The fourth-order valence-corrected chi connectivity index (χ4v) is 2.62. The summed E-state index contributed by atoms with van der Waals surface area (Å²) in [7, 11) is -3.11. The number of anilines is 1. The molecule has 20 heavy (non-hydrogen) atoms. The lowest BCUT2D eigenvalue weighted by molar-refractivity contribution is -0.385. The van der Waals surface area contributed by atoms with Gasteiger partial charge in [-0.25, -0.2) is 17.5 Å². The van der Waals surface area contributed by atoms with Crippen molar-refractivity contribution in [1.82, 2.24) is 4.72 Å². The number of amides is 1. The van der Waals surface area contributed by atoms with Crippen LogP contribution in [-0.4, -0.2) is 32.8 Å². The van der Waals surface area contributed by atoms with Crippen LogP contribution in [0.5, 0.6) is 0 Å². The second kappa shape index (κ2) is 5.79. The first-order valence-electron chi connectivity index (χ1n) is 5.12. The summed E-state index contributed by atoms with van der Waals surface area (Å²) >= 11 is 0. The maximum atomic E-state index is 13.8. The SMILES string of the molecule is CNc1cc([N+](=O)[O-])cc(F)c1S(=O)(=O)NCC(N)=O. The van der Waals surface area contributed by atoms with Gasteiger partial charge < -0.3 is 11.1 Å². The molecule has 0 aliphatic carbocycles. The number of carbonyl (C=O) groups is 1. The van der Waals surface area contributed by atoms with Crippen molar-refractivity contribution in [3.63, 3.8) is 0 Å². The van der Waals surface area contributed by atoms with Crippen molar-refractivity contribution < 1.29 is 22.5 Å². The molecule has 4 N–H and O–H groups in total. The van der Waals surface area contributed by atoms with Crippen LogP contribution in [0, 0.1) is 15.9 Å². The highest BCUT2D eigenvalue weighted by atomic mass is 32.2. The summed E-state index contributed by atoms with van der Waals surface area (Å²) in [6.07, 6.45) is 0. The zero-order valence-corrected chi connectivity index (χ0v) is 11.0. The van der Waals surface area contributed by atoms with Gasteiger partial charge in [0.2, 0.25) is 15.9 Å². The Morgan fingerprint density at radius 3 is 2.55 bits per heavy atom. The summed E-state index contributed by atoms with van der Waals surface area (Å²) < 4.78 is 39.3. The summed E-state index contributed by atoms with van der Waals surface area (Å²) in [6, 6.07) is 1.33. The van der Waals surface area contributed by atoms with Gasteiger partial charge in [-0.05, 0) is 0 Å². The quantitative estimate of drug-likeness (QED) is 0.479. The summed E-state index contributed by atoms with van der Waals surface area (Å²) in [6.45, 7) is -0.720. The van der Waals surface area contributed by atoms with E-state index in [1.807, 2.05) is 0 Å². The number of nitrogens with one attached hydrogen (secondary N) is 2. The van der Waals surface area contributed by atoms with Gasteiger partial charge in [0.05, 0.1) is 23.2 Å². The predicted octanol–water partition coefficient (Wildman–Crippen LogP) is -0.461. The molecule has 1 amide bonds. The Balaban J connectivity index is 3.37. The van der Waals surface area contributed by atoms with E-state index in [9.17, 15) is 27.7 Å². The second-order valence-corrected chi connectivity index (χ2v) is 5.31. The first-order valence-corrected chi connectivity index (χ1v) is 6.61. The number of hydrogen-bond donors (Lipinski definition) is 3. The number of rotatable bonds is 6. The molecule has 1 rings (SSSR count). The summed E-state index contributed by atoms with van der Waals surface area (Å²) in [4.78, 5) is 19.4. The lowest BCUT2D eigenvalue weighted by Gasteiger charge is -2.11. The molecule has 0 unspecified atom stereocenters. The van der Waals surface area contributed by atoms with Crippen LogP contribution in [0.2, 0.25) is 0 Å². The van der Waals surface area contributed by atoms with Crippen LogP contribution in [0.1, 0.15) is 0 Å². The number of nitro groups is 1. The van der Waals surface area contributed by atoms with Crippen LogP contribution in [0.25, 0.3) is 0 Å². The summed E-state index contributed by atoms with van der Waals surface area (Å²) in [5, 5.41) is 12.9. The highest BCUT2D eigenvalue weighted by Gasteiger charge is 2.26. The fraction of sp³-hybridized carbons (Fsp3) is 0.222. The summed E-state index contributed by atoms with van der Waals surface area (Å²) in [5.74, 6) is -2.28. The molecule has 0 spiro atoms. The van der Waals surface area contributed by atoms with Gasteiger partial charge in [0.25, 0.3) is 5.69 Å². The van der Waals surface area contributed by atoms with Gasteiger partial charge in [-0.1, -0.05) is 0 Å². The van der Waals surface area contributed by atoms with E-state index in [1.165, 1.54) is 7.05 Å². The topological polar surface area (TPSA) is 144 Å². The predicted molar refractivity (Wildman–Crippen MR) is 67.0 cm³/mol. The smallest absolute Gasteiger partial charge is 0.274 e. The second-order valence-electron chi connectivity index (χ2n) is 3.60. The first kappa shape index (κ1) is 15.8. The minimum Gasteiger partial charge on any atom is -0.387 e. The number of sulfonamides is 1. The maximum absolute atomic E-state index is 13.8. The lowest BCUT2D eigenvalue weighted by Crippen LogP contribution is -2.34. The van der Waals surface area contributed by atoms with E-state index in [0.717, 1.165) is 6.07 Å². The van der Waals surface area contributed by atoms with Crippen molar-refractivity contribution in [2.45, 2.75) is 4.90 Å². The molecule has 0 heterocycles. The highest BCUT2D eigenvalue weighted by molar-refractivity contribution is 7.89. The number of hydrogen-bond acceptors (Lipinski definition) is 6. The van der Waals surface area contributed by atoms with E-state index in [0.29, 0.717) is 6.07 Å². The molecule has 0 radical (unpaired) electrons. The minimum absolute atomic E-state index is 0.311. The molecule has 1 aromatic rings. The molecule has 1 aromatic carbocycles. The molecule has 0 saturated heterocycles. The Kier molecular flexibility index (Phi) is 4.57. The van der Waals surface area contributed by atoms with E-state index in [1.54, 1.807) is 4.72 Å². The average molecular weight is 306 g/mol. The molecular weight excluding hydrogens is 295 g/mol. The number of carbonyl (C=O) groups excluding carboxylic acids is 1. The van der Waals surface area contributed by atoms with Crippen molar-refractivity contribution in [2.24, 2.45) is 5.73 Å². The number of nitro benzene ring substituents is 1. The van der Waals surface area contributed by atoms with E-state index >= 15 is 0 Å². The molecule has 0 aliphatic rings. The normalized spacial score (nSPS) is 11.1. The van der Waals surface area contributed by atoms with Crippen molar-refractivity contribution in [2.75, 3.05) is 18.9 Å². The van der Waals surface area contributed by atoms with Crippen LogP contribution >= 0.6 is 0 Å². The largest absolute Gasteiger partial charge is 0.387 e. The van der Waals surface area contributed by atoms with Gasteiger partial charge in [0.1, 0.15) is 4.90 Å². The lowest BCUT2D eigenvalue weighted by atomic mass is 10.2. The Hall–Kier alpha value is -2.27. The maximum Gasteiger partial charge on any atom is 0.274 e. The third-order valence-corrected chi connectivity index (χ3v) is 3.69. The molecule has 9 nitrogen and oxygen atoms in total. The zero-order valence-electron chi connectivity index (χ0n) is 10.2. The zero-order chi connectivity index (χ0) is 15.5. The number of non-ortho nitro benzene ring substituents is 1. The van der Waals surface area contributed by atoms with E-state index in [2.05, 4.69) is 5.32 Å². The molecule has 0 aromatic heterocycles. The number of primary amides is 1. The molecule has 11 heteroatoms. The highest BCUT2D eigenvalue weighted by Crippen LogP contribution is 2.29. The van der Waals surface area contributed by atoms with Crippen LogP contribution in [-0.2, 0) is 14.8 Å². The van der Waals surface area contributed by atoms with Gasteiger partial charge in [-0.3, -0.25) is 14.9 Å². The third kappa shape index (κ3) is 3.39. The van der Waals surface area contributed by atoms with Crippen molar-refractivity contribution in [3.05, 3.63) is 28.1 Å². The van der Waals surface area contributed by atoms with E-state index in [4.69, 9.17) is 5.73 Å². The number of benzene rings is 1. The van der Waals surface area contributed by atoms with Crippen LogP contribution < -0.4 is 15.8 Å². The first-order chi connectivity index (χ1) is 9.19. The molecular formula is C9H11FN4O5S. The van der Waals surface area contributed by atoms with Crippen molar-refractivity contribution in [1.29, 1.82) is 0 Å². The Bertz CT molecular complexity index is 661. The van der Waals surface area contributed by atoms with Gasteiger partial charge in [-0.15, -0.1) is 0 Å². The molecule has 0 aliphatic heterocycles. The van der Waals surface area contributed by atoms with Crippen LogP contribution in [0.15, 0.2) is 17.0 Å². The van der Waals surface area contributed by atoms with Crippen LogP contribution in [0.3, 0.4) is 0 Å². The Morgan fingerprint density at radius 2 is 2.10 bits per heavy atom. The average Bonchev–Trinajstić information content (AvgIpc) is 2.34. The third-order valence-electron chi connectivity index (χ3n) is 2.21.